The number of carbonyl (C=O) groups is 2. The molecule has 0 saturated carbocycles. The van der Waals surface area contributed by atoms with E-state index in [1.807, 2.05) is 0 Å². The molecule has 0 radical (unpaired) electrons. The zero-order chi connectivity index (χ0) is 17.7. The van der Waals surface area contributed by atoms with Crippen molar-refractivity contribution in [2.45, 2.75) is 31.2 Å². The van der Waals surface area contributed by atoms with E-state index in [1.165, 1.54) is 0 Å². The molecule has 2 N–H and O–H groups in total. The number of fused-ring (bicyclic) bond motifs is 1. The van der Waals surface area contributed by atoms with Crippen LogP contribution in [-0.2, 0) is 20.4 Å². The molecule has 8 heteroatoms. The molecule has 0 saturated heterocycles. The summed E-state index contributed by atoms with van der Waals surface area (Å²) in [6.07, 6.45) is -0.0163. The standard InChI is InChI=1S/C16H21NO6S/c1-10(2)15(16(19)20)17-14(18)5-8-24(21)11-3-4-12-13(9-11)23-7-6-22-12/h3-4,9-10,15H,5-8H2,1-2H3,(H,17,18)(H,19,20)/t15-,24?/m1/s1. The summed E-state index contributed by atoms with van der Waals surface area (Å²) >= 11 is 0. The number of benzene rings is 1. The Morgan fingerprint density at radius 3 is 2.54 bits per heavy atom. The highest BCUT2D eigenvalue weighted by molar-refractivity contribution is 7.85. The summed E-state index contributed by atoms with van der Waals surface area (Å²) in [6.45, 7) is 4.35. The molecule has 1 aliphatic heterocycles. The number of carboxylic acids is 1. The molecule has 24 heavy (non-hydrogen) atoms. The van der Waals surface area contributed by atoms with Gasteiger partial charge in [-0.2, -0.15) is 0 Å². The van der Waals surface area contributed by atoms with Crippen LogP contribution in [0.15, 0.2) is 23.1 Å². The van der Waals surface area contributed by atoms with E-state index < -0.39 is 28.7 Å². The first kappa shape index (κ1) is 18.3. The number of ether oxygens (including phenoxy) is 2. The maximum atomic E-state index is 12.3. The molecule has 1 aromatic carbocycles. The average Bonchev–Trinajstić information content (AvgIpc) is 2.56. The number of amides is 1. The number of rotatable bonds is 7. The third kappa shape index (κ3) is 4.70. The van der Waals surface area contributed by atoms with Crippen molar-refractivity contribution in [3.8, 4) is 11.5 Å². The number of hydrogen-bond acceptors (Lipinski definition) is 5. The summed E-state index contributed by atoms with van der Waals surface area (Å²) in [5, 5.41) is 11.5. The Kier molecular flexibility index (Phi) is 6.19. The van der Waals surface area contributed by atoms with Gasteiger partial charge in [0.05, 0.1) is 10.8 Å². The summed E-state index contributed by atoms with van der Waals surface area (Å²) in [5.74, 6) is -0.470. The van der Waals surface area contributed by atoms with Crippen molar-refractivity contribution >= 4 is 22.7 Å². The Morgan fingerprint density at radius 1 is 1.25 bits per heavy atom. The summed E-state index contributed by atoms with van der Waals surface area (Å²) < 4.78 is 23.1. The van der Waals surface area contributed by atoms with Crippen LogP contribution in [0.25, 0.3) is 0 Å². The second-order valence-corrected chi connectivity index (χ2v) is 7.30. The van der Waals surface area contributed by atoms with Crippen molar-refractivity contribution in [3.05, 3.63) is 18.2 Å². The lowest BCUT2D eigenvalue weighted by Gasteiger charge is -2.19. The van der Waals surface area contributed by atoms with Crippen molar-refractivity contribution in [1.82, 2.24) is 5.32 Å². The summed E-state index contributed by atoms with van der Waals surface area (Å²) in [6, 6.07) is 4.08. The minimum atomic E-state index is -1.38. The fraction of sp³-hybridized carbons (Fsp3) is 0.500. The molecule has 1 aliphatic rings. The number of carboxylic acid groups (broad SMARTS) is 1. The van der Waals surface area contributed by atoms with E-state index >= 15 is 0 Å². The summed E-state index contributed by atoms with van der Waals surface area (Å²) in [5.41, 5.74) is 0. The molecule has 0 bridgehead atoms. The fourth-order valence-corrected chi connectivity index (χ4v) is 3.29. The fourth-order valence-electron chi connectivity index (χ4n) is 2.23. The van der Waals surface area contributed by atoms with E-state index in [9.17, 15) is 13.8 Å². The molecule has 0 aliphatic carbocycles. The van der Waals surface area contributed by atoms with Crippen molar-refractivity contribution in [2.75, 3.05) is 19.0 Å². The van der Waals surface area contributed by atoms with Crippen LogP contribution in [0.2, 0.25) is 0 Å². The van der Waals surface area contributed by atoms with Crippen molar-refractivity contribution in [2.24, 2.45) is 5.92 Å². The third-order valence-electron chi connectivity index (χ3n) is 3.54. The van der Waals surface area contributed by atoms with E-state index in [-0.39, 0.29) is 18.1 Å². The van der Waals surface area contributed by atoms with Gasteiger partial charge in [-0.25, -0.2) is 4.79 Å². The van der Waals surface area contributed by atoms with Gasteiger partial charge in [0.15, 0.2) is 11.5 Å². The van der Waals surface area contributed by atoms with Crippen LogP contribution in [-0.4, -0.2) is 46.2 Å². The highest BCUT2D eigenvalue weighted by Crippen LogP contribution is 2.31. The van der Waals surface area contributed by atoms with Crippen LogP contribution in [0.1, 0.15) is 20.3 Å². The van der Waals surface area contributed by atoms with Gasteiger partial charge in [-0.3, -0.25) is 9.00 Å². The van der Waals surface area contributed by atoms with Crippen LogP contribution < -0.4 is 14.8 Å². The molecule has 1 amide bonds. The van der Waals surface area contributed by atoms with Crippen LogP contribution in [0.5, 0.6) is 11.5 Å². The summed E-state index contributed by atoms with van der Waals surface area (Å²) in [7, 11) is -1.38. The van der Waals surface area contributed by atoms with Crippen LogP contribution in [0.3, 0.4) is 0 Å². The van der Waals surface area contributed by atoms with Crippen molar-refractivity contribution in [1.29, 1.82) is 0 Å². The minimum Gasteiger partial charge on any atom is -0.486 e. The Hall–Kier alpha value is -2.09. The first-order valence-corrected chi connectivity index (χ1v) is 9.00. The highest BCUT2D eigenvalue weighted by Gasteiger charge is 2.23. The Labute approximate surface area is 142 Å². The van der Waals surface area contributed by atoms with E-state index in [4.69, 9.17) is 14.6 Å². The maximum absolute atomic E-state index is 12.3. The van der Waals surface area contributed by atoms with Crippen LogP contribution >= 0.6 is 0 Å². The number of nitrogens with one attached hydrogen (secondary N) is 1. The molecule has 0 fully saturated rings. The van der Waals surface area contributed by atoms with Crippen LogP contribution in [0.4, 0.5) is 0 Å². The first-order valence-electron chi connectivity index (χ1n) is 7.68. The topological polar surface area (TPSA) is 102 Å². The van der Waals surface area contributed by atoms with E-state index in [1.54, 1.807) is 32.0 Å². The molecule has 0 aromatic heterocycles. The van der Waals surface area contributed by atoms with Gasteiger partial charge in [0.25, 0.3) is 0 Å². The lowest BCUT2D eigenvalue weighted by molar-refractivity contribution is -0.143. The van der Waals surface area contributed by atoms with Crippen LogP contribution in [0, 0.1) is 5.92 Å². The lowest BCUT2D eigenvalue weighted by Crippen LogP contribution is -2.44. The maximum Gasteiger partial charge on any atom is 0.326 e. The SMILES string of the molecule is CC(C)[C@@H](NC(=O)CCS(=O)c1ccc2c(c1)OCCO2)C(=O)O. The number of carbonyl (C=O) groups excluding carboxylic acids is 1. The van der Waals surface area contributed by atoms with E-state index in [0.717, 1.165) is 0 Å². The predicted octanol–water partition coefficient (Wildman–Crippen LogP) is 1.18. The molecular weight excluding hydrogens is 334 g/mol. The molecule has 2 atom stereocenters. The zero-order valence-corrected chi connectivity index (χ0v) is 14.4. The first-order chi connectivity index (χ1) is 11.4. The van der Waals surface area contributed by atoms with Crippen molar-refractivity contribution in [3.63, 3.8) is 0 Å². The largest absolute Gasteiger partial charge is 0.486 e. The molecule has 7 nitrogen and oxygen atoms in total. The van der Waals surface area contributed by atoms with Crippen molar-refractivity contribution < 1.29 is 28.4 Å². The Bertz CT molecular complexity index is 645. The predicted molar refractivity (Wildman–Crippen MR) is 87.7 cm³/mol. The van der Waals surface area contributed by atoms with Gasteiger partial charge in [-0.05, 0) is 18.1 Å². The molecule has 132 valence electrons. The summed E-state index contributed by atoms with van der Waals surface area (Å²) in [4.78, 5) is 23.5. The average molecular weight is 355 g/mol. The van der Waals surface area contributed by atoms with Gasteiger partial charge in [0, 0.05) is 23.1 Å². The highest BCUT2D eigenvalue weighted by atomic mass is 32.2. The third-order valence-corrected chi connectivity index (χ3v) is 4.89. The monoisotopic (exact) mass is 355 g/mol. The smallest absolute Gasteiger partial charge is 0.326 e. The second kappa shape index (κ2) is 8.14. The second-order valence-electron chi connectivity index (χ2n) is 5.73. The Morgan fingerprint density at radius 2 is 1.92 bits per heavy atom. The van der Waals surface area contributed by atoms with Gasteiger partial charge < -0.3 is 19.9 Å². The van der Waals surface area contributed by atoms with Gasteiger partial charge in [0.1, 0.15) is 19.3 Å². The number of aliphatic carboxylic acids is 1. The molecule has 2 rings (SSSR count). The van der Waals surface area contributed by atoms with Gasteiger partial charge in [0.2, 0.25) is 5.91 Å². The molecular formula is C16H21NO6S. The minimum absolute atomic E-state index is 0.0163. The number of hydrogen-bond donors (Lipinski definition) is 2. The molecule has 1 unspecified atom stereocenters. The normalized spacial score (nSPS) is 15.6. The zero-order valence-electron chi connectivity index (χ0n) is 13.6. The van der Waals surface area contributed by atoms with Gasteiger partial charge in [-0.15, -0.1) is 0 Å². The lowest BCUT2D eigenvalue weighted by atomic mass is 10.0. The van der Waals surface area contributed by atoms with Gasteiger partial charge in [-0.1, -0.05) is 13.8 Å². The quantitative estimate of drug-likeness (QED) is 0.761. The van der Waals surface area contributed by atoms with Gasteiger partial charge >= 0.3 is 5.97 Å². The van der Waals surface area contributed by atoms with E-state index in [2.05, 4.69) is 5.32 Å². The molecule has 1 aromatic rings. The molecule has 0 spiro atoms. The van der Waals surface area contributed by atoms with E-state index in [0.29, 0.717) is 29.6 Å². The Balaban J connectivity index is 1.90. The molecule has 1 heterocycles.